The maximum Gasteiger partial charge on any atom is 0.343 e. The number of carboxylic acid groups (broad SMARTS) is 1. The molecular formula is C16H15FN2O5. The summed E-state index contributed by atoms with van der Waals surface area (Å²) in [6, 6.07) is 4.80. The zero-order chi connectivity index (χ0) is 17.6. The van der Waals surface area contributed by atoms with Crippen molar-refractivity contribution in [2.45, 2.75) is 19.0 Å². The predicted molar refractivity (Wildman–Crippen MR) is 79.2 cm³/mol. The molecule has 8 heteroatoms. The van der Waals surface area contributed by atoms with Crippen LogP contribution in [0.25, 0.3) is 0 Å². The molecule has 3 amide bonds. The molecule has 0 aromatic heterocycles. The zero-order valence-electron chi connectivity index (χ0n) is 12.9. The van der Waals surface area contributed by atoms with E-state index in [-0.39, 0.29) is 24.1 Å². The van der Waals surface area contributed by atoms with Gasteiger partial charge in [-0.2, -0.15) is 0 Å². The second kappa shape index (κ2) is 5.40. The number of carbonyl (C=O) groups excluding carboxylic acids is 3. The number of imide groups is 1. The van der Waals surface area contributed by atoms with Crippen LogP contribution in [0.4, 0.5) is 4.39 Å². The molecule has 1 saturated heterocycles. The summed E-state index contributed by atoms with van der Waals surface area (Å²) in [5, 5.41) is 8.85. The summed E-state index contributed by atoms with van der Waals surface area (Å²) < 4.78 is 14.0. The van der Waals surface area contributed by atoms with Crippen LogP contribution in [-0.4, -0.2) is 63.9 Å². The highest BCUT2D eigenvalue weighted by atomic mass is 19.1. The number of halogens is 1. The van der Waals surface area contributed by atoms with Crippen LogP contribution in [0.5, 0.6) is 0 Å². The fourth-order valence-corrected chi connectivity index (χ4v) is 2.94. The number of aryl methyl sites for hydroxylation is 1. The molecule has 2 heterocycles. The molecule has 126 valence electrons. The van der Waals surface area contributed by atoms with E-state index in [1.807, 2.05) is 0 Å². The number of fused-ring (bicyclic) bond motifs is 1. The molecule has 3 rings (SSSR count). The van der Waals surface area contributed by atoms with Crippen LogP contribution >= 0.6 is 0 Å². The van der Waals surface area contributed by atoms with Crippen molar-refractivity contribution >= 4 is 23.7 Å². The zero-order valence-corrected chi connectivity index (χ0v) is 12.9. The van der Waals surface area contributed by atoms with Gasteiger partial charge in [0.15, 0.2) is 0 Å². The van der Waals surface area contributed by atoms with Crippen LogP contribution in [0.2, 0.25) is 0 Å². The molecule has 0 bridgehead atoms. The number of benzene rings is 1. The predicted octanol–water partition coefficient (Wildman–Crippen LogP) is 0.616. The Kier molecular flexibility index (Phi) is 3.62. The van der Waals surface area contributed by atoms with Crippen molar-refractivity contribution in [3.05, 3.63) is 34.9 Å². The third-order valence-corrected chi connectivity index (χ3v) is 4.38. The number of alkyl halides is 1. The lowest BCUT2D eigenvalue weighted by atomic mass is 10.1. The van der Waals surface area contributed by atoms with Gasteiger partial charge >= 0.3 is 5.97 Å². The number of amides is 3. The Balaban J connectivity index is 1.74. The van der Waals surface area contributed by atoms with Gasteiger partial charge in [0.1, 0.15) is 6.54 Å². The topological polar surface area (TPSA) is 95.0 Å². The second-order valence-corrected chi connectivity index (χ2v) is 6.08. The highest BCUT2D eigenvalue weighted by Gasteiger charge is 2.47. The fraction of sp³-hybridized carbons (Fsp3) is 0.375. The van der Waals surface area contributed by atoms with Crippen LogP contribution in [0.15, 0.2) is 18.2 Å². The van der Waals surface area contributed by atoms with E-state index >= 15 is 0 Å². The number of nitrogens with zero attached hydrogens (tertiary/aromatic N) is 2. The van der Waals surface area contributed by atoms with E-state index in [1.54, 1.807) is 19.1 Å². The molecule has 1 aromatic rings. The molecule has 1 unspecified atom stereocenters. The average molecular weight is 334 g/mol. The normalized spacial score (nSPS) is 22.9. The first-order chi connectivity index (χ1) is 11.2. The Hall–Kier alpha value is -2.77. The number of likely N-dealkylation sites (tertiary alicyclic amines) is 1. The molecule has 7 nitrogen and oxygen atoms in total. The van der Waals surface area contributed by atoms with Gasteiger partial charge in [0.05, 0.1) is 17.7 Å². The molecule has 1 fully saturated rings. The van der Waals surface area contributed by atoms with Gasteiger partial charge in [0.2, 0.25) is 11.6 Å². The lowest BCUT2D eigenvalue weighted by Crippen LogP contribution is -2.44. The quantitative estimate of drug-likeness (QED) is 0.818. The first kappa shape index (κ1) is 16.1. The minimum atomic E-state index is -2.48. The van der Waals surface area contributed by atoms with Crippen molar-refractivity contribution in [1.29, 1.82) is 0 Å². The Labute approximate surface area is 136 Å². The van der Waals surface area contributed by atoms with E-state index in [9.17, 15) is 23.6 Å². The fourth-order valence-electron chi connectivity index (χ4n) is 2.94. The molecule has 24 heavy (non-hydrogen) atoms. The Morgan fingerprint density at radius 1 is 1.25 bits per heavy atom. The van der Waals surface area contributed by atoms with E-state index in [0.29, 0.717) is 0 Å². The number of carboxylic acids is 1. The molecular weight excluding hydrogens is 319 g/mol. The first-order valence-corrected chi connectivity index (χ1v) is 7.40. The number of rotatable bonds is 3. The summed E-state index contributed by atoms with van der Waals surface area (Å²) in [6.07, 6.45) is -0.310. The van der Waals surface area contributed by atoms with E-state index in [1.165, 1.54) is 6.07 Å². The summed E-state index contributed by atoms with van der Waals surface area (Å²) in [7, 11) is 0. The number of hydrogen-bond donors (Lipinski definition) is 1. The van der Waals surface area contributed by atoms with Crippen molar-refractivity contribution in [2.24, 2.45) is 0 Å². The average Bonchev–Trinajstić information content (AvgIpc) is 3.03. The Bertz CT molecular complexity index is 778. The van der Waals surface area contributed by atoms with E-state index in [2.05, 4.69) is 0 Å². The van der Waals surface area contributed by atoms with Crippen molar-refractivity contribution in [3.8, 4) is 0 Å². The molecule has 0 radical (unpaired) electrons. The molecule has 2 aliphatic heterocycles. The minimum Gasteiger partial charge on any atom is -0.479 e. The maximum atomic E-state index is 14.0. The van der Waals surface area contributed by atoms with E-state index in [0.717, 1.165) is 15.4 Å². The molecule has 1 aromatic carbocycles. The highest BCUT2D eigenvalue weighted by Crippen LogP contribution is 2.27. The third-order valence-electron chi connectivity index (χ3n) is 4.38. The van der Waals surface area contributed by atoms with Crippen LogP contribution in [0.1, 0.15) is 32.7 Å². The third kappa shape index (κ3) is 2.44. The molecule has 1 N–H and O–H groups in total. The van der Waals surface area contributed by atoms with Crippen molar-refractivity contribution in [2.75, 3.05) is 19.6 Å². The summed E-state index contributed by atoms with van der Waals surface area (Å²) in [6.45, 7) is 0.608. The SMILES string of the molecule is Cc1ccc2c(c1)C(=O)N(CC(=O)N1CCC(F)(C(=O)O)C1)C2=O. The molecule has 0 spiro atoms. The van der Waals surface area contributed by atoms with Crippen molar-refractivity contribution < 1.29 is 28.7 Å². The van der Waals surface area contributed by atoms with Gasteiger partial charge < -0.3 is 10.0 Å². The summed E-state index contributed by atoms with van der Waals surface area (Å²) in [5.74, 6) is -3.42. The second-order valence-electron chi connectivity index (χ2n) is 6.08. The van der Waals surface area contributed by atoms with Gasteiger partial charge in [-0.05, 0) is 19.1 Å². The summed E-state index contributed by atoms with van der Waals surface area (Å²) in [5.41, 5.74) is -1.20. The van der Waals surface area contributed by atoms with Gasteiger partial charge in [0.25, 0.3) is 11.8 Å². The van der Waals surface area contributed by atoms with Gasteiger partial charge in [-0.15, -0.1) is 0 Å². The highest BCUT2D eigenvalue weighted by molar-refractivity contribution is 6.22. The van der Waals surface area contributed by atoms with Crippen molar-refractivity contribution in [1.82, 2.24) is 9.80 Å². The van der Waals surface area contributed by atoms with Gasteiger partial charge in [-0.1, -0.05) is 11.6 Å². The number of hydrogen-bond acceptors (Lipinski definition) is 4. The summed E-state index contributed by atoms with van der Waals surface area (Å²) in [4.78, 5) is 49.6. The van der Waals surface area contributed by atoms with Crippen LogP contribution in [0.3, 0.4) is 0 Å². The van der Waals surface area contributed by atoms with E-state index < -0.39 is 42.4 Å². The maximum absolute atomic E-state index is 14.0. The van der Waals surface area contributed by atoms with Gasteiger partial charge in [0, 0.05) is 13.0 Å². The Morgan fingerprint density at radius 2 is 1.92 bits per heavy atom. The van der Waals surface area contributed by atoms with Gasteiger partial charge in [-0.3, -0.25) is 19.3 Å². The van der Waals surface area contributed by atoms with Crippen LogP contribution < -0.4 is 0 Å². The standard InChI is InChI=1S/C16H15FN2O5/c1-9-2-3-10-11(6-9)14(22)19(13(10)21)7-12(20)18-5-4-16(17,8-18)15(23)24/h2-3,6H,4-5,7-8H2,1H3,(H,23,24). The number of carbonyl (C=O) groups is 4. The minimum absolute atomic E-state index is 0.0656. The van der Waals surface area contributed by atoms with Crippen LogP contribution in [0, 0.1) is 6.92 Å². The molecule has 0 aliphatic carbocycles. The Morgan fingerprint density at radius 3 is 2.54 bits per heavy atom. The lowest BCUT2D eigenvalue weighted by Gasteiger charge is -2.20. The molecule has 0 saturated carbocycles. The lowest BCUT2D eigenvalue weighted by molar-refractivity contribution is -0.150. The smallest absolute Gasteiger partial charge is 0.343 e. The van der Waals surface area contributed by atoms with Crippen molar-refractivity contribution in [3.63, 3.8) is 0 Å². The van der Waals surface area contributed by atoms with E-state index in [4.69, 9.17) is 5.11 Å². The van der Waals surface area contributed by atoms with Crippen LogP contribution in [-0.2, 0) is 9.59 Å². The van der Waals surface area contributed by atoms with Gasteiger partial charge in [-0.25, -0.2) is 9.18 Å². The number of aliphatic carboxylic acids is 1. The first-order valence-electron chi connectivity index (χ1n) is 7.40. The largest absolute Gasteiger partial charge is 0.479 e. The monoisotopic (exact) mass is 334 g/mol. The molecule has 2 aliphatic rings. The molecule has 1 atom stereocenters. The summed E-state index contributed by atoms with van der Waals surface area (Å²) >= 11 is 0.